The van der Waals surface area contributed by atoms with E-state index in [0.29, 0.717) is 0 Å². The van der Waals surface area contributed by atoms with Gasteiger partial charge in [0, 0.05) is 4.90 Å². The average molecular weight is 237 g/mol. The van der Waals surface area contributed by atoms with Crippen LogP contribution in [0.25, 0.3) is 0 Å². The molecule has 2 N–H and O–H groups in total. The molecule has 0 fully saturated rings. The highest BCUT2D eigenvalue weighted by molar-refractivity contribution is 8.00. The molecule has 0 radical (unpaired) electrons. The van der Waals surface area contributed by atoms with E-state index >= 15 is 0 Å². The van der Waals surface area contributed by atoms with Gasteiger partial charge in [0.2, 0.25) is 5.91 Å². The SMILES string of the molecule is Cc1ccc(SC(C(N)=O)C(C)C)c(C)c1. The van der Waals surface area contributed by atoms with Crippen LogP contribution in [0.1, 0.15) is 25.0 Å². The molecule has 0 spiro atoms. The van der Waals surface area contributed by atoms with Gasteiger partial charge in [-0.15, -0.1) is 11.8 Å². The van der Waals surface area contributed by atoms with Gasteiger partial charge in [0.15, 0.2) is 0 Å². The zero-order valence-corrected chi connectivity index (χ0v) is 11.1. The second kappa shape index (κ2) is 5.39. The third kappa shape index (κ3) is 3.27. The Morgan fingerprint density at radius 3 is 2.38 bits per heavy atom. The zero-order valence-electron chi connectivity index (χ0n) is 10.3. The Morgan fingerprint density at radius 1 is 1.31 bits per heavy atom. The van der Waals surface area contributed by atoms with Gasteiger partial charge < -0.3 is 5.73 Å². The first-order valence-corrected chi connectivity index (χ1v) is 6.33. The van der Waals surface area contributed by atoms with Gasteiger partial charge in [0.1, 0.15) is 0 Å². The molecule has 1 aromatic rings. The average Bonchev–Trinajstić information content (AvgIpc) is 2.15. The molecule has 0 aliphatic carbocycles. The first-order chi connectivity index (χ1) is 7.41. The number of amides is 1. The normalized spacial score (nSPS) is 12.8. The molecule has 0 heterocycles. The Morgan fingerprint density at radius 2 is 1.94 bits per heavy atom. The third-order valence-electron chi connectivity index (χ3n) is 2.47. The molecule has 3 heteroatoms. The first-order valence-electron chi connectivity index (χ1n) is 5.45. The molecule has 0 aliphatic heterocycles. The minimum Gasteiger partial charge on any atom is -0.369 e. The molecule has 88 valence electrons. The van der Waals surface area contributed by atoms with Crippen molar-refractivity contribution in [2.45, 2.75) is 37.8 Å². The lowest BCUT2D eigenvalue weighted by Gasteiger charge is -2.18. The van der Waals surface area contributed by atoms with Crippen molar-refractivity contribution in [1.29, 1.82) is 0 Å². The van der Waals surface area contributed by atoms with Crippen LogP contribution >= 0.6 is 11.8 Å². The number of carbonyl (C=O) groups is 1. The number of hydrogen-bond acceptors (Lipinski definition) is 2. The van der Waals surface area contributed by atoms with Crippen molar-refractivity contribution < 1.29 is 4.79 Å². The van der Waals surface area contributed by atoms with E-state index < -0.39 is 0 Å². The number of carbonyl (C=O) groups excluding carboxylic acids is 1. The van der Waals surface area contributed by atoms with Crippen LogP contribution in [-0.4, -0.2) is 11.2 Å². The van der Waals surface area contributed by atoms with E-state index in [1.54, 1.807) is 11.8 Å². The summed E-state index contributed by atoms with van der Waals surface area (Å²) in [6.45, 7) is 8.17. The maximum absolute atomic E-state index is 11.3. The van der Waals surface area contributed by atoms with Gasteiger partial charge in [0.25, 0.3) is 0 Å². The van der Waals surface area contributed by atoms with Crippen molar-refractivity contribution in [1.82, 2.24) is 0 Å². The second-order valence-corrected chi connectivity index (χ2v) is 5.64. The Balaban J connectivity index is 2.90. The van der Waals surface area contributed by atoms with Crippen molar-refractivity contribution >= 4 is 17.7 Å². The largest absolute Gasteiger partial charge is 0.369 e. The maximum atomic E-state index is 11.3. The van der Waals surface area contributed by atoms with Crippen molar-refractivity contribution in [2.24, 2.45) is 11.7 Å². The number of nitrogens with two attached hydrogens (primary N) is 1. The van der Waals surface area contributed by atoms with Gasteiger partial charge in [-0.25, -0.2) is 0 Å². The summed E-state index contributed by atoms with van der Waals surface area (Å²) < 4.78 is 0. The first kappa shape index (κ1) is 13.1. The van der Waals surface area contributed by atoms with Crippen molar-refractivity contribution in [3.8, 4) is 0 Å². The Bertz CT molecular complexity index is 388. The minimum absolute atomic E-state index is 0.151. The number of hydrogen-bond donors (Lipinski definition) is 1. The predicted molar refractivity (Wildman–Crippen MR) is 69.6 cm³/mol. The van der Waals surface area contributed by atoms with Crippen LogP contribution in [0.4, 0.5) is 0 Å². The third-order valence-corrected chi connectivity index (χ3v) is 4.21. The fraction of sp³-hybridized carbons (Fsp3) is 0.462. The van der Waals surface area contributed by atoms with Gasteiger partial charge in [-0.3, -0.25) is 4.79 Å². The molecule has 0 aromatic heterocycles. The summed E-state index contributed by atoms with van der Waals surface area (Å²) in [6.07, 6.45) is 0. The molecule has 1 amide bonds. The quantitative estimate of drug-likeness (QED) is 0.818. The molecular weight excluding hydrogens is 218 g/mol. The van der Waals surface area contributed by atoms with Crippen molar-refractivity contribution in [2.75, 3.05) is 0 Å². The van der Waals surface area contributed by atoms with Gasteiger partial charge in [-0.05, 0) is 31.4 Å². The summed E-state index contributed by atoms with van der Waals surface area (Å²) >= 11 is 1.57. The molecule has 2 nitrogen and oxygen atoms in total. The lowest BCUT2D eigenvalue weighted by molar-refractivity contribution is -0.118. The Kier molecular flexibility index (Phi) is 4.42. The fourth-order valence-electron chi connectivity index (χ4n) is 1.59. The van der Waals surface area contributed by atoms with Crippen molar-refractivity contribution in [3.05, 3.63) is 29.3 Å². The molecule has 0 bridgehead atoms. The standard InChI is InChI=1S/C13H19NOS/c1-8(2)12(13(14)15)16-11-6-5-9(3)7-10(11)4/h5-8,12H,1-4H3,(H2,14,15). The molecular formula is C13H19NOS. The van der Waals surface area contributed by atoms with Gasteiger partial charge in [-0.1, -0.05) is 31.5 Å². The lowest BCUT2D eigenvalue weighted by Crippen LogP contribution is -2.30. The maximum Gasteiger partial charge on any atom is 0.231 e. The summed E-state index contributed by atoms with van der Waals surface area (Å²) in [7, 11) is 0. The highest BCUT2D eigenvalue weighted by Crippen LogP contribution is 2.30. The molecule has 0 aliphatic rings. The van der Waals surface area contributed by atoms with Crippen LogP contribution < -0.4 is 5.73 Å². The van der Waals surface area contributed by atoms with E-state index in [9.17, 15) is 4.79 Å². The summed E-state index contributed by atoms with van der Waals surface area (Å²) in [5.74, 6) is 0.0168. The zero-order chi connectivity index (χ0) is 12.3. The number of rotatable bonds is 4. The smallest absolute Gasteiger partial charge is 0.231 e. The van der Waals surface area contributed by atoms with E-state index in [-0.39, 0.29) is 17.1 Å². The van der Waals surface area contributed by atoms with Crippen LogP contribution in [-0.2, 0) is 4.79 Å². The van der Waals surface area contributed by atoms with E-state index in [1.807, 2.05) is 13.8 Å². The van der Waals surface area contributed by atoms with Gasteiger partial charge >= 0.3 is 0 Å². The minimum atomic E-state index is -0.236. The summed E-state index contributed by atoms with van der Waals surface area (Å²) in [5.41, 5.74) is 7.85. The van der Waals surface area contributed by atoms with E-state index in [1.165, 1.54) is 11.1 Å². The van der Waals surface area contributed by atoms with Crippen molar-refractivity contribution in [3.63, 3.8) is 0 Å². The van der Waals surface area contributed by atoms with E-state index in [0.717, 1.165) is 4.90 Å². The van der Waals surface area contributed by atoms with E-state index in [4.69, 9.17) is 5.73 Å². The molecule has 16 heavy (non-hydrogen) atoms. The molecule has 0 saturated carbocycles. The highest BCUT2D eigenvalue weighted by Gasteiger charge is 2.21. The van der Waals surface area contributed by atoms with Gasteiger partial charge in [0.05, 0.1) is 5.25 Å². The predicted octanol–water partition coefficient (Wildman–Crippen LogP) is 2.91. The Hall–Kier alpha value is -0.960. The monoisotopic (exact) mass is 237 g/mol. The number of primary amides is 1. The van der Waals surface area contributed by atoms with E-state index in [2.05, 4.69) is 32.0 Å². The number of benzene rings is 1. The summed E-state index contributed by atoms with van der Waals surface area (Å²) in [6, 6.07) is 6.25. The highest BCUT2D eigenvalue weighted by atomic mass is 32.2. The Labute approximate surface area is 102 Å². The van der Waals surface area contributed by atoms with Crippen LogP contribution in [0.15, 0.2) is 23.1 Å². The summed E-state index contributed by atoms with van der Waals surface area (Å²) in [5, 5.41) is -0.151. The van der Waals surface area contributed by atoms with Crippen LogP contribution in [0, 0.1) is 19.8 Å². The molecule has 1 unspecified atom stereocenters. The molecule has 0 saturated heterocycles. The summed E-state index contributed by atoms with van der Waals surface area (Å²) in [4.78, 5) is 12.5. The molecule has 1 rings (SSSR count). The number of aryl methyl sites for hydroxylation is 2. The topological polar surface area (TPSA) is 43.1 Å². The second-order valence-electron chi connectivity index (χ2n) is 4.45. The number of thioether (sulfide) groups is 1. The molecule has 1 aromatic carbocycles. The molecule has 1 atom stereocenters. The fourth-order valence-corrected chi connectivity index (χ4v) is 2.64. The van der Waals surface area contributed by atoms with Crippen LogP contribution in [0.3, 0.4) is 0 Å². The van der Waals surface area contributed by atoms with Crippen LogP contribution in [0.5, 0.6) is 0 Å². The lowest BCUT2D eigenvalue weighted by atomic mass is 10.1. The van der Waals surface area contributed by atoms with Gasteiger partial charge in [-0.2, -0.15) is 0 Å². The van der Waals surface area contributed by atoms with Crippen LogP contribution in [0.2, 0.25) is 0 Å².